The molecular weight excluding hydrogens is 664 g/mol. The maximum absolute atomic E-state index is 14.1. The molecule has 0 spiro atoms. The Morgan fingerprint density at radius 2 is 1.63 bits per heavy atom. The van der Waals surface area contributed by atoms with Gasteiger partial charge >= 0.3 is 5.97 Å². The molecule has 52 heavy (non-hydrogen) atoms. The molecule has 2 amide bonds. The van der Waals surface area contributed by atoms with Crippen LogP contribution in [0.1, 0.15) is 59.7 Å². The third-order valence-electron chi connectivity index (χ3n) is 10.2. The van der Waals surface area contributed by atoms with Crippen LogP contribution < -0.4 is 10.6 Å². The number of ether oxygens (including phenoxy) is 4. The van der Waals surface area contributed by atoms with E-state index >= 15 is 0 Å². The monoisotopic (exact) mass is 708 g/mol. The molecule has 8 atom stereocenters. The highest BCUT2D eigenvalue weighted by molar-refractivity contribution is 5.98. The summed E-state index contributed by atoms with van der Waals surface area (Å²) >= 11 is 0. The van der Waals surface area contributed by atoms with Crippen LogP contribution in [0.5, 0.6) is 0 Å². The standard InChI is InChI=1S/C41H44N2O9/c1-25(45)36(39(47)42-20-21-44)43-38(46)28-23-34(50-40(48)31-15-9-8-10-27(31)18-16-26-17-19-32-33(22-26)49-32)37-35(24-28)51-41(52-37,29-11-4-2-5-12-29)30-13-6-3-7-14-30/h2-16,18,24-26,32-37,44-45H,17,19-23H2,1H3,(H,42,47)(H,43,46). The summed E-state index contributed by atoms with van der Waals surface area (Å²) in [6, 6.07) is 24.8. The Kier molecular flexibility index (Phi) is 10.7. The van der Waals surface area contributed by atoms with E-state index in [1.807, 2.05) is 78.9 Å². The van der Waals surface area contributed by atoms with E-state index in [1.54, 1.807) is 18.2 Å². The van der Waals surface area contributed by atoms with Crippen LogP contribution in [0, 0.1) is 5.92 Å². The smallest absolute Gasteiger partial charge is 0.339 e. The summed E-state index contributed by atoms with van der Waals surface area (Å²) in [6.07, 6.45) is 5.63. The quantitative estimate of drug-likeness (QED) is 0.163. The van der Waals surface area contributed by atoms with E-state index in [0.29, 0.717) is 29.3 Å². The van der Waals surface area contributed by atoms with Gasteiger partial charge in [-0.25, -0.2) is 4.79 Å². The van der Waals surface area contributed by atoms with Gasteiger partial charge in [-0.2, -0.15) is 0 Å². The number of fused-ring (bicyclic) bond motifs is 2. The minimum Gasteiger partial charge on any atom is -0.456 e. The number of hydrogen-bond acceptors (Lipinski definition) is 9. The van der Waals surface area contributed by atoms with Gasteiger partial charge in [0.25, 0.3) is 0 Å². The van der Waals surface area contributed by atoms with E-state index in [0.717, 1.165) is 30.4 Å². The maximum atomic E-state index is 14.1. The van der Waals surface area contributed by atoms with Crippen LogP contribution in [-0.4, -0.2) is 83.8 Å². The third-order valence-corrected chi connectivity index (χ3v) is 10.2. The van der Waals surface area contributed by atoms with E-state index in [9.17, 15) is 19.5 Å². The highest BCUT2D eigenvalue weighted by Gasteiger charge is 2.55. The molecular formula is C41H44N2O9. The number of nitrogens with one attached hydrogen (secondary N) is 2. The van der Waals surface area contributed by atoms with Crippen LogP contribution in [0.15, 0.2) is 103 Å². The van der Waals surface area contributed by atoms with E-state index in [1.165, 1.54) is 6.92 Å². The fourth-order valence-electron chi connectivity index (χ4n) is 7.40. The number of epoxide rings is 1. The van der Waals surface area contributed by atoms with E-state index in [2.05, 4.69) is 16.7 Å². The van der Waals surface area contributed by atoms with E-state index in [4.69, 9.17) is 24.1 Å². The Labute approximate surface area is 302 Å². The maximum Gasteiger partial charge on any atom is 0.339 e. The number of allylic oxidation sites excluding steroid dienone is 1. The zero-order chi connectivity index (χ0) is 36.2. The molecule has 4 aliphatic rings. The molecule has 2 heterocycles. The summed E-state index contributed by atoms with van der Waals surface area (Å²) in [5, 5.41) is 24.7. The van der Waals surface area contributed by atoms with Gasteiger partial charge < -0.3 is 39.8 Å². The minimum absolute atomic E-state index is 0.0403. The predicted octanol–water partition coefficient (Wildman–Crippen LogP) is 3.78. The minimum atomic E-state index is -1.39. The number of aliphatic hydroxyl groups excluding tert-OH is 2. The zero-order valence-electron chi connectivity index (χ0n) is 28.9. The van der Waals surface area contributed by atoms with Crippen molar-refractivity contribution in [1.82, 2.24) is 10.6 Å². The van der Waals surface area contributed by atoms with Gasteiger partial charge in [0.2, 0.25) is 17.6 Å². The van der Waals surface area contributed by atoms with Crippen LogP contribution in [0.2, 0.25) is 0 Å². The first-order valence-electron chi connectivity index (χ1n) is 17.9. The molecule has 272 valence electrons. The average molecular weight is 709 g/mol. The summed E-state index contributed by atoms with van der Waals surface area (Å²) in [7, 11) is 0. The Bertz CT molecular complexity index is 1770. The Morgan fingerprint density at radius 3 is 2.31 bits per heavy atom. The normalized spacial score (nSPS) is 27.0. The van der Waals surface area contributed by atoms with Crippen molar-refractivity contribution in [3.05, 3.63) is 125 Å². The van der Waals surface area contributed by atoms with Crippen LogP contribution in [0.4, 0.5) is 0 Å². The van der Waals surface area contributed by atoms with Gasteiger partial charge in [-0.3, -0.25) is 9.59 Å². The fourth-order valence-corrected chi connectivity index (χ4v) is 7.40. The second kappa shape index (κ2) is 15.5. The molecule has 8 unspecified atom stereocenters. The molecule has 0 bridgehead atoms. The Morgan fingerprint density at radius 1 is 0.942 bits per heavy atom. The lowest BCUT2D eigenvalue weighted by Crippen LogP contribution is -2.54. The van der Waals surface area contributed by atoms with Crippen molar-refractivity contribution in [2.45, 2.75) is 81.1 Å². The summed E-state index contributed by atoms with van der Waals surface area (Å²) in [6.45, 7) is 1.05. The molecule has 3 aromatic rings. The number of carbonyl (C=O) groups is 3. The first kappa shape index (κ1) is 35.7. The lowest BCUT2D eigenvalue weighted by atomic mass is 9.88. The zero-order valence-corrected chi connectivity index (χ0v) is 28.9. The molecule has 4 N–H and O–H groups in total. The van der Waals surface area contributed by atoms with Crippen LogP contribution in [0.25, 0.3) is 6.08 Å². The van der Waals surface area contributed by atoms with Crippen molar-refractivity contribution in [2.75, 3.05) is 13.2 Å². The second-order valence-corrected chi connectivity index (χ2v) is 13.8. The van der Waals surface area contributed by atoms with Crippen LogP contribution in [0.3, 0.4) is 0 Å². The second-order valence-electron chi connectivity index (χ2n) is 13.8. The molecule has 2 aliphatic heterocycles. The van der Waals surface area contributed by atoms with Gasteiger partial charge in [-0.1, -0.05) is 91.0 Å². The van der Waals surface area contributed by atoms with Crippen molar-refractivity contribution < 1.29 is 43.5 Å². The summed E-state index contributed by atoms with van der Waals surface area (Å²) < 4.78 is 25.6. The van der Waals surface area contributed by atoms with Crippen molar-refractivity contribution in [1.29, 1.82) is 0 Å². The number of carbonyl (C=O) groups excluding carboxylic acids is 3. The third kappa shape index (κ3) is 7.60. The summed E-state index contributed by atoms with van der Waals surface area (Å²) in [4.78, 5) is 40.7. The first-order chi connectivity index (χ1) is 25.3. The van der Waals surface area contributed by atoms with Gasteiger partial charge in [0, 0.05) is 29.7 Å². The van der Waals surface area contributed by atoms with Gasteiger partial charge in [0.05, 0.1) is 30.5 Å². The number of amides is 2. The molecule has 0 radical (unpaired) electrons. The molecule has 2 saturated heterocycles. The Balaban J connectivity index is 1.19. The van der Waals surface area contributed by atoms with Crippen molar-refractivity contribution in [3.63, 3.8) is 0 Å². The largest absolute Gasteiger partial charge is 0.456 e. The lowest BCUT2D eigenvalue weighted by Gasteiger charge is -2.32. The Hall–Kier alpha value is -4.65. The highest BCUT2D eigenvalue weighted by Crippen LogP contribution is 2.47. The van der Waals surface area contributed by atoms with E-state index in [-0.39, 0.29) is 25.1 Å². The van der Waals surface area contributed by atoms with Crippen molar-refractivity contribution in [3.8, 4) is 0 Å². The fraction of sp³-hybridized carbons (Fsp3) is 0.390. The lowest BCUT2D eigenvalue weighted by molar-refractivity contribution is -0.157. The number of esters is 1. The average Bonchev–Trinajstić information content (AvgIpc) is 3.84. The van der Waals surface area contributed by atoms with E-state index < -0.39 is 54.0 Å². The molecule has 3 aromatic carbocycles. The van der Waals surface area contributed by atoms with Gasteiger partial charge in [-0.15, -0.1) is 0 Å². The number of aliphatic hydroxyl groups is 2. The molecule has 11 heteroatoms. The topological polar surface area (TPSA) is 156 Å². The van der Waals surface area contributed by atoms with Crippen LogP contribution >= 0.6 is 0 Å². The van der Waals surface area contributed by atoms with Crippen molar-refractivity contribution in [2.24, 2.45) is 5.92 Å². The molecule has 7 rings (SSSR count). The summed E-state index contributed by atoms with van der Waals surface area (Å²) in [5.74, 6) is -2.89. The van der Waals surface area contributed by atoms with Gasteiger partial charge in [-0.05, 0) is 49.8 Å². The number of benzene rings is 3. The number of rotatable bonds is 12. The van der Waals surface area contributed by atoms with Gasteiger partial charge in [0.1, 0.15) is 24.4 Å². The first-order valence-corrected chi connectivity index (χ1v) is 17.9. The summed E-state index contributed by atoms with van der Waals surface area (Å²) in [5.41, 5.74) is 2.73. The SMILES string of the molecule is CC(O)C(NC(=O)C1=CC2OC(c3ccccc3)(c3ccccc3)OC2C(OC(=O)c2ccccc2C=CC2CCC3OC3C2)C1)C(=O)NCCO. The van der Waals surface area contributed by atoms with Gasteiger partial charge in [0.15, 0.2) is 0 Å². The number of hydrogen-bond donors (Lipinski definition) is 4. The van der Waals surface area contributed by atoms with Crippen molar-refractivity contribution >= 4 is 23.9 Å². The predicted molar refractivity (Wildman–Crippen MR) is 190 cm³/mol. The molecule has 0 aromatic heterocycles. The molecule has 3 fully saturated rings. The highest BCUT2D eigenvalue weighted by atomic mass is 16.8. The molecule has 1 saturated carbocycles. The molecule has 11 nitrogen and oxygen atoms in total. The molecule has 2 aliphatic carbocycles. The van der Waals surface area contributed by atoms with Crippen LogP contribution in [-0.2, 0) is 34.3 Å².